The van der Waals surface area contributed by atoms with Crippen molar-refractivity contribution in [1.29, 1.82) is 0 Å². The smallest absolute Gasteiger partial charge is 0.228 e. The minimum atomic E-state index is 0.0306. The molecule has 1 aromatic rings. The van der Waals surface area contributed by atoms with Crippen molar-refractivity contribution >= 4 is 17.7 Å². The third kappa shape index (κ3) is 3.82. The van der Waals surface area contributed by atoms with Crippen LogP contribution < -0.4 is 4.90 Å². The Bertz CT molecular complexity index is 486. The Hall–Kier alpha value is -1.83. The Morgan fingerprint density at radius 1 is 1.37 bits per heavy atom. The van der Waals surface area contributed by atoms with E-state index in [2.05, 4.69) is 20.4 Å². The van der Waals surface area contributed by atoms with Gasteiger partial charge in [-0.15, -0.1) is 0 Å². The Kier molecular flexibility index (Phi) is 5.56. The summed E-state index contributed by atoms with van der Waals surface area (Å²) in [6, 6.07) is 7.83. The van der Waals surface area contributed by atoms with Crippen molar-refractivity contribution in [3.63, 3.8) is 0 Å². The van der Waals surface area contributed by atoms with Crippen molar-refractivity contribution in [3.8, 4) is 0 Å². The maximum Gasteiger partial charge on any atom is 0.228 e. The Morgan fingerprint density at radius 3 is 2.47 bits per heavy atom. The molecule has 0 aliphatic carbocycles. The molecule has 0 saturated carbocycles. The summed E-state index contributed by atoms with van der Waals surface area (Å²) in [5, 5.41) is 0. The zero-order valence-electron chi connectivity index (χ0n) is 12.3. The van der Waals surface area contributed by atoms with Crippen LogP contribution in [-0.4, -0.2) is 5.91 Å². The van der Waals surface area contributed by atoms with Gasteiger partial charge in [-0.25, -0.2) is 0 Å². The highest BCUT2D eigenvalue weighted by Crippen LogP contribution is 2.28. The number of carbonyl (C=O) groups excluding carboxylic acids is 1. The first-order chi connectivity index (χ1) is 9.01. The van der Waals surface area contributed by atoms with E-state index in [-0.39, 0.29) is 5.91 Å². The molecule has 0 atom stereocenters. The van der Waals surface area contributed by atoms with Crippen molar-refractivity contribution in [3.05, 3.63) is 48.2 Å². The Labute approximate surface area is 116 Å². The molecule has 2 heteroatoms. The van der Waals surface area contributed by atoms with Crippen LogP contribution in [0.4, 0.5) is 5.69 Å². The molecule has 0 N–H and O–H groups in total. The maximum atomic E-state index is 12.0. The van der Waals surface area contributed by atoms with Crippen LogP contribution >= 0.6 is 0 Å². The van der Waals surface area contributed by atoms with Gasteiger partial charge in [0, 0.05) is 12.6 Å². The lowest BCUT2D eigenvalue weighted by Gasteiger charge is -2.27. The summed E-state index contributed by atoms with van der Waals surface area (Å²) in [4.78, 5) is 13.8. The van der Waals surface area contributed by atoms with E-state index in [0.717, 1.165) is 23.4 Å². The summed E-state index contributed by atoms with van der Waals surface area (Å²) in [6.07, 6.45) is 4.68. The third-order valence-corrected chi connectivity index (χ3v) is 2.95. The third-order valence-electron chi connectivity index (χ3n) is 2.95. The number of hydrogen-bond donors (Lipinski definition) is 0. The molecule has 0 fully saturated rings. The van der Waals surface area contributed by atoms with E-state index in [1.807, 2.05) is 37.3 Å². The molecular weight excluding hydrogens is 234 g/mol. The SMILES string of the molecule is C=Cc1ccccc1N(C(C)=O)/C(=C/C)CC(C)C. The predicted molar refractivity (Wildman–Crippen MR) is 82.9 cm³/mol. The van der Waals surface area contributed by atoms with Crippen molar-refractivity contribution in [1.82, 2.24) is 0 Å². The minimum absolute atomic E-state index is 0.0306. The molecule has 0 aromatic heterocycles. The molecule has 19 heavy (non-hydrogen) atoms. The van der Waals surface area contributed by atoms with Gasteiger partial charge < -0.3 is 0 Å². The molecule has 0 unspecified atom stereocenters. The van der Waals surface area contributed by atoms with Gasteiger partial charge in [-0.3, -0.25) is 9.69 Å². The summed E-state index contributed by atoms with van der Waals surface area (Å²) in [6.45, 7) is 11.7. The number of para-hydroxylation sites is 1. The van der Waals surface area contributed by atoms with Crippen LogP contribution in [0.2, 0.25) is 0 Å². The number of carbonyl (C=O) groups is 1. The van der Waals surface area contributed by atoms with Crippen LogP contribution in [0.3, 0.4) is 0 Å². The summed E-state index contributed by atoms with van der Waals surface area (Å²) in [7, 11) is 0. The van der Waals surface area contributed by atoms with E-state index < -0.39 is 0 Å². The zero-order valence-corrected chi connectivity index (χ0v) is 12.3. The van der Waals surface area contributed by atoms with E-state index in [4.69, 9.17) is 0 Å². The number of rotatable bonds is 5. The molecule has 0 aliphatic rings. The zero-order chi connectivity index (χ0) is 14.4. The highest BCUT2D eigenvalue weighted by atomic mass is 16.2. The van der Waals surface area contributed by atoms with Crippen molar-refractivity contribution in [2.45, 2.75) is 34.1 Å². The van der Waals surface area contributed by atoms with E-state index in [1.165, 1.54) is 0 Å². The van der Waals surface area contributed by atoms with Crippen LogP contribution in [0.1, 0.15) is 39.7 Å². The highest BCUT2D eigenvalue weighted by molar-refractivity contribution is 5.96. The van der Waals surface area contributed by atoms with Gasteiger partial charge in [0.15, 0.2) is 0 Å². The fourth-order valence-corrected chi connectivity index (χ4v) is 2.15. The molecule has 1 rings (SSSR count). The van der Waals surface area contributed by atoms with Crippen LogP contribution in [-0.2, 0) is 4.79 Å². The molecule has 0 heterocycles. The molecule has 0 radical (unpaired) electrons. The lowest BCUT2D eigenvalue weighted by molar-refractivity contribution is -0.116. The van der Waals surface area contributed by atoms with E-state index >= 15 is 0 Å². The van der Waals surface area contributed by atoms with Gasteiger partial charge in [0.1, 0.15) is 0 Å². The predicted octanol–water partition coefficient (Wildman–Crippen LogP) is 4.63. The van der Waals surface area contributed by atoms with Crippen LogP contribution in [0.25, 0.3) is 6.08 Å². The van der Waals surface area contributed by atoms with Crippen molar-refractivity contribution in [2.75, 3.05) is 4.90 Å². The summed E-state index contributed by atoms with van der Waals surface area (Å²) >= 11 is 0. The number of hydrogen-bond acceptors (Lipinski definition) is 1. The Balaban J connectivity index is 3.27. The number of allylic oxidation sites excluding steroid dienone is 2. The molecule has 0 bridgehead atoms. The first kappa shape index (κ1) is 15.2. The normalized spacial score (nSPS) is 11.5. The minimum Gasteiger partial charge on any atom is -0.285 e. The fourth-order valence-electron chi connectivity index (χ4n) is 2.15. The summed E-state index contributed by atoms with van der Waals surface area (Å²) < 4.78 is 0. The average molecular weight is 257 g/mol. The second kappa shape index (κ2) is 6.93. The first-order valence-electron chi connectivity index (χ1n) is 6.68. The van der Waals surface area contributed by atoms with Gasteiger partial charge >= 0.3 is 0 Å². The average Bonchev–Trinajstić information content (AvgIpc) is 2.37. The maximum absolute atomic E-state index is 12.0. The topological polar surface area (TPSA) is 20.3 Å². The quantitative estimate of drug-likeness (QED) is 0.753. The first-order valence-corrected chi connectivity index (χ1v) is 6.68. The molecule has 102 valence electrons. The molecule has 1 amide bonds. The van der Waals surface area contributed by atoms with E-state index in [1.54, 1.807) is 17.9 Å². The van der Waals surface area contributed by atoms with Crippen LogP contribution in [0, 0.1) is 5.92 Å². The van der Waals surface area contributed by atoms with Crippen molar-refractivity contribution in [2.24, 2.45) is 5.92 Å². The van der Waals surface area contributed by atoms with Crippen LogP contribution in [0.15, 0.2) is 42.6 Å². The number of benzene rings is 1. The van der Waals surface area contributed by atoms with Gasteiger partial charge in [-0.05, 0) is 30.9 Å². The molecule has 2 nitrogen and oxygen atoms in total. The molecule has 1 aromatic carbocycles. The van der Waals surface area contributed by atoms with Gasteiger partial charge in [0.05, 0.1) is 5.69 Å². The standard InChI is InChI=1S/C17H23NO/c1-6-15-10-8-9-11-17(15)18(14(5)19)16(7-2)12-13(3)4/h6-11,13H,1,12H2,2-5H3/b16-7+. The largest absolute Gasteiger partial charge is 0.285 e. The monoisotopic (exact) mass is 257 g/mol. The van der Waals surface area contributed by atoms with Gasteiger partial charge in [-0.2, -0.15) is 0 Å². The molecule has 0 saturated heterocycles. The molecular formula is C17H23NO. The van der Waals surface area contributed by atoms with Crippen LogP contribution in [0.5, 0.6) is 0 Å². The second-order valence-electron chi connectivity index (χ2n) is 5.00. The molecule has 0 aliphatic heterocycles. The lowest BCUT2D eigenvalue weighted by atomic mass is 10.0. The number of anilines is 1. The van der Waals surface area contributed by atoms with E-state index in [9.17, 15) is 4.79 Å². The molecule has 0 spiro atoms. The van der Waals surface area contributed by atoms with Gasteiger partial charge in [0.2, 0.25) is 5.91 Å². The summed E-state index contributed by atoms with van der Waals surface area (Å²) in [5.41, 5.74) is 2.91. The van der Waals surface area contributed by atoms with Gasteiger partial charge in [0.25, 0.3) is 0 Å². The fraction of sp³-hybridized carbons (Fsp3) is 0.353. The van der Waals surface area contributed by atoms with Gasteiger partial charge in [-0.1, -0.05) is 50.8 Å². The highest BCUT2D eigenvalue weighted by Gasteiger charge is 2.18. The Morgan fingerprint density at radius 2 is 2.00 bits per heavy atom. The van der Waals surface area contributed by atoms with Crippen molar-refractivity contribution < 1.29 is 4.79 Å². The summed E-state index contributed by atoms with van der Waals surface area (Å²) in [5.74, 6) is 0.534. The number of nitrogens with zero attached hydrogens (tertiary/aromatic N) is 1. The lowest BCUT2D eigenvalue weighted by Crippen LogP contribution is -2.29. The second-order valence-corrected chi connectivity index (χ2v) is 5.00. The number of amides is 1. The van der Waals surface area contributed by atoms with E-state index in [0.29, 0.717) is 5.92 Å².